The summed E-state index contributed by atoms with van der Waals surface area (Å²) >= 11 is 6.23. The molecule has 94 valence electrons. The smallest absolute Gasteiger partial charge is 0.124 e. The molecule has 3 heteroatoms. The van der Waals surface area contributed by atoms with E-state index in [9.17, 15) is 4.39 Å². The van der Waals surface area contributed by atoms with E-state index in [1.165, 1.54) is 25.0 Å². The third kappa shape index (κ3) is 2.21. The topological polar surface area (TPSA) is 12.0 Å². The van der Waals surface area contributed by atoms with Crippen molar-refractivity contribution in [2.45, 2.75) is 31.6 Å². The van der Waals surface area contributed by atoms with E-state index in [1.54, 1.807) is 0 Å². The Morgan fingerprint density at radius 3 is 2.82 bits per heavy atom. The predicted molar refractivity (Wildman–Crippen MR) is 70.0 cm³/mol. The fraction of sp³-hybridized carbons (Fsp3) is 0.571. The van der Waals surface area contributed by atoms with E-state index in [0.717, 1.165) is 18.5 Å². The van der Waals surface area contributed by atoms with Crippen LogP contribution in [-0.2, 0) is 5.41 Å². The second-order valence-electron chi connectivity index (χ2n) is 5.10. The Labute approximate surface area is 107 Å². The average Bonchev–Trinajstić information content (AvgIpc) is 2.61. The lowest BCUT2D eigenvalue weighted by Gasteiger charge is -2.35. The van der Waals surface area contributed by atoms with Crippen LogP contribution >= 0.6 is 11.6 Å². The van der Waals surface area contributed by atoms with Crippen molar-refractivity contribution in [2.75, 3.05) is 13.6 Å². The van der Waals surface area contributed by atoms with Crippen molar-refractivity contribution in [3.8, 4) is 0 Å². The van der Waals surface area contributed by atoms with Gasteiger partial charge < -0.3 is 5.32 Å². The Kier molecular flexibility index (Phi) is 3.74. The number of hydrogen-bond donors (Lipinski definition) is 1. The van der Waals surface area contributed by atoms with E-state index in [2.05, 4.69) is 12.2 Å². The number of hydrogen-bond acceptors (Lipinski definition) is 1. The molecule has 2 rings (SSSR count). The van der Waals surface area contributed by atoms with E-state index < -0.39 is 0 Å². The molecule has 0 amide bonds. The summed E-state index contributed by atoms with van der Waals surface area (Å²) in [6.45, 7) is 3.17. The first-order chi connectivity index (χ1) is 8.10. The molecular formula is C14H19ClFN. The largest absolute Gasteiger partial charge is 0.319 e. The predicted octanol–water partition coefficient (Wildman–Crippen LogP) is 3.76. The molecule has 1 N–H and O–H groups in total. The SMILES string of the molecule is CNCC1(c2ccc(F)cc2Cl)CCCC1C. The zero-order valence-electron chi connectivity index (χ0n) is 10.4. The van der Waals surface area contributed by atoms with Crippen molar-refractivity contribution >= 4 is 11.6 Å². The normalized spacial score (nSPS) is 28.6. The maximum atomic E-state index is 13.1. The maximum Gasteiger partial charge on any atom is 0.124 e. The fourth-order valence-electron chi connectivity index (χ4n) is 3.21. The van der Waals surface area contributed by atoms with Crippen LogP contribution in [0.5, 0.6) is 0 Å². The minimum absolute atomic E-state index is 0.0690. The summed E-state index contributed by atoms with van der Waals surface area (Å²) in [5.74, 6) is 0.321. The second kappa shape index (κ2) is 4.95. The summed E-state index contributed by atoms with van der Waals surface area (Å²) in [6.07, 6.45) is 3.56. The Balaban J connectivity index is 2.45. The molecular weight excluding hydrogens is 237 g/mol. The van der Waals surface area contributed by atoms with E-state index in [4.69, 9.17) is 11.6 Å². The fourth-order valence-corrected chi connectivity index (χ4v) is 3.57. The van der Waals surface area contributed by atoms with Gasteiger partial charge in [0.15, 0.2) is 0 Å². The van der Waals surface area contributed by atoms with Crippen LogP contribution in [0.3, 0.4) is 0 Å². The summed E-state index contributed by atoms with van der Waals surface area (Å²) in [7, 11) is 1.96. The quantitative estimate of drug-likeness (QED) is 0.867. The third-order valence-corrected chi connectivity index (χ3v) is 4.48. The first kappa shape index (κ1) is 12.8. The van der Waals surface area contributed by atoms with Crippen LogP contribution in [-0.4, -0.2) is 13.6 Å². The van der Waals surface area contributed by atoms with Gasteiger partial charge in [-0.05, 0) is 43.5 Å². The molecule has 17 heavy (non-hydrogen) atoms. The molecule has 2 unspecified atom stereocenters. The Hall–Kier alpha value is -0.600. The van der Waals surface area contributed by atoms with Crippen LogP contribution in [0.2, 0.25) is 5.02 Å². The van der Waals surface area contributed by atoms with Gasteiger partial charge in [-0.2, -0.15) is 0 Å². The molecule has 1 aromatic rings. The van der Waals surface area contributed by atoms with Gasteiger partial charge in [-0.25, -0.2) is 4.39 Å². The van der Waals surface area contributed by atoms with Crippen molar-refractivity contribution in [1.29, 1.82) is 0 Å². The maximum absolute atomic E-state index is 13.1. The first-order valence-corrected chi connectivity index (χ1v) is 6.58. The Morgan fingerprint density at radius 1 is 1.53 bits per heavy atom. The number of rotatable bonds is 3. The van der Waals surface area contributed by atoms with Crippen molar-refractivity contribution in [1.82, 2.24) is 5.32 Å². The lowest BCUT2D eigenvalue weighted by Crippen LogP contribution is -2.39. The molecule has 1 aromatic carbocycles. The second-order valence-corrected chi connectivity index (χ2v) is 5.51. The summed E-state index contributed by atoms with van der Waals surface area (Å²) in [5.41, 5.74) is 1.17. The van der Waals surface area contributed by atoms with Gasteiger partial charge in [-0.1, -0.05) is 31.0 Å². The number of halogens is 2. The van der Waals surface area contributed by atoms with Gasteiger partial charge >= 0.3 is 0 Å². The molecule has 2 atom stereocenters. The highest BCUT2D eigenvalue weighted by Gasteiger charge is 2.42. The average molecular weight is 256 g/mol. The highest BCUT2D eigenvalue weighted by molar-refractivity contribution is 6.31. The molecule has 0 spiro atoms. The first-order valence-electron chi connectivity index (χ1n) is 6.20. The van der Waals surface area contributed by atoms with Gasteiger partial charge in [0.25, 0.3) is 0 Å². The van der Waals surface area contributed by atoms with Crippen LogP contribution in [0, 0.1) is 11.7 Å². The Bertz CT molecular complexity index is 407. The van der Waals surface area contributed by atoms with Crippen LogP contribution in [0.4, 0.5) is 4.39 Å². The summed E-state index contributed by atoms with van der Waals surface area (Å²) in [5, 5.41) is 3.83. The molecule has 0 aliphatic heterocycles. The van der Waals surface area contributed by atoms with Crippen LogP contribution in [0.15, 0.2) is 18.2 Å². The molecule has 0 radical (unpaired) electrons. The van der Waals surface area contributed by atoms with E-state index in [-0.39, 0.29) is 11.2 Å². The number of likely N-dealkylation sites (N-methyl/N-ethyl adjacent to an activating group) is 1. The summed E-state index contributed by atoms with van der Waals surface area (Å²) in [4.78, 5) is 0. The molecule has 1 aliphatic carbocycles. The molecule has 0 bridgehead atoms. The van der Waals surface area contributed by atoms with Gasteiger partial charge in [0.05, 0.1) is 0 Å². The highest BCUT2D eigenvalue weighted by atomic mass is 35.5. The summed E-state index contributed by atoms with van der Waals surface area (Å²) in [6, 6.07) is 4.81. The Morgan fingerprint density at radius 2 is 2.29 bits per heavy atom. The molecule has 1 aliphatic rings. The lowest BCUT2D eigenvalue weighted by molar-refractivity contribution is 0.326. The zero-order chi connectivity index (χ0) is 12.5. The minimum atomic E-state index is -0.260. The zero-order valence-corrected chi connectivity index (χ0v) is 11.1. The monoisotopic (exact) mass is 255 g/mol. The van der Waals surface area contributed by atoms with E-state index in [0.29, 0.717) is 10.9 Å². The third-order valence-electron chi connectivity index (χ3n) is 4.16. The van der Waals surface area contributed by atoms with Gasteiger partial charge in [0, 0.05) is 17.0 Å². The molecule has 0 aromatic heterocycles. The summed E-state index contributed by atoms with van der Waals surface area (Å²) < 4.78 is 13.1. The van der Waals surface area contributed by atoms with E-state index >= 15 is 0 Å². The molecule has 1 fully saturated rings. The van der Waals surface area contributed by atoms with Crippen LogP contribution in [0.1, 0.15) is 31.7 Å². The van der Waals surface area contributed by atoms with Gasteiger partial charge in [0.2, 0.25) is 0 Å². The van der Waals surface area contributed by atoms with Gasteiger partial charge in [-0.15, -0.1) is 0 Å². The van der Waals surface area contributed by atoms with Crippen molar-refractivity contribution in [3.05, 3.63) is 34.6 Å². The van der Waals surface area contributed by atoms with Gasteiger partial charge in [0.1, 0.15) is 5.82 Å². The molecule has 1 nitrogen and oxygen atoms in total. The number of benzene rings is 1. The number of nitrogens with one attached hydrogen (secondary N) is 1. The van der Waals surface area contributed by atoms with Crippen molar-refractivity contribution in [2.24, 2.45) is 5.92 Å². The van der Waals surface area contributed by atoms with Gasteiger partial charge in [-0.3, -0.25) is 0 Å². The minimum Gasteiger partial charge on any atom is -0.319 e. The van der Waals surface area contributed by atoms with Crippen molar-refractivity contribution < 1.29 is 4.39 Å². The van der Waals surface area contributed by atoms with Crippen molar-refractivity contribution in [3.63, 3.8) is 0 Å². The van der Waals surface area contributed by atoms with Crippen LogP contribution in [0.25, 0.3) is 0 Å². The molecule has 0 saturated heterocycles. The van der Waals surface area contributed by atoms with E-state index in [1.807, 2.05) is 13.1 Å². The standard InChI is InChI=1S/C14H19ClFN/c1-10-4-3-7-14(10,9-17-2)12-6-5-11(16)8-13(12)15/h5-6,8,10,17H,3-4,7,9H2,1-2H3. The highest BCUT2D eigenvalue weighted by Crippen LogP contribution is 2.47. The molecule has 0 heterocycles. The lowest BCUT2D eigenvalue weighted by atomic mass is 9.73. The van der Waals surface area contributed by atoms with Crippen LogP contribution < -0.4 is 5.32 Å². The molecule has 1 saturated carbocycles.